The first-order valence-corrected chi connectivity index (χ1v) is 12.3. The van der Waals surface area contributed by atoms with E-state index in [4.69, 9.17) is 11.6 Å². The molecule has 7 nitrogen and oxygen atoms in total. The van der Waals surface area contributed by atoms with E-state index < -0.39 is 18.2 Å². The smallest absolute Gasteiger partial charge is 0.256 e. The fourth-order valence-corrected chi connectivity index (χ4v) is 4.08. The quantitative estimate of drug-likeness (QED) is 0.175. The highest BCUT2D eigenvalue weighted by atomic mass is 35.5. The van der Waals surface area contributed by atoms with Gasteiger partial charge in [-0.2, -0.15) is 9.78 Å². The third-order valence-corrected chi connectivity index (χ3v) is 5.99. The van der Waals surface area contributed by atoms with Gasteiger partial charge in [-0.25, -0.2) is 0 Å². The van der Waals surface area contributed by atoms with Crippen molar-refractivity contribution in [1.29, 1.82) is 0 Å². The number of hydrogen-bond donors (Lipinski definition) is 1. The zero-order valence-electron chi connectivity index (χ0n) is 20.2. The summed E-state index contributed by atoms with van der Waals surface area (Å²) in [5.41, 5.74) is 3.81. The van der Waals surface area contributed by atoms with Gasteiger partial charge in [-0.3, -0.25) is 9.59 Å². The molecule has 0 fully saturated rings. The van der Waals surface area contributed by atoms with E-state index in [1.807, 2.05) is 78.9 Å². The first kappa shape index (κ1) is 24.8. The number of amides is 1. The third kappa shape index (κ3) is 5.58. The molecular weight excluding hydrogens is 498 g/mol. The van der Waals surface area contributed by atoms with Crippen LogP contribution < -0.4 is 5.32 Å². The van der Waals surface area contributed by atoms with Gasteiger partial charge in [-0.1, -0.05) is 103 Å². The lowest BCUT2D eigenvalue weighted by atomic mass is 10.1. The Labute approximate surface area is 224 Å². The number of benzene rings is 4. The van der Waals surface area contributed by atoms with Crippen LogP contribution in [0.25, 0.3) is 22.5 Å². The van der Waals surface area contributed by atoms with Crippen LogP contribution in [0.5, 0.6) is 0 Å². The molecule has 8 heteroatoms. The largest absolute Gasteiger partial charge is 0.326 e. The van der Waals surface area contributed by atoms with Crippen LogP contribution in [0.2, 0.25) is 5.02 Å². The Morgan fingerprint density at radius 2 is 1.32 bits per heavy atom. The van der Waals surface area contributed by atoms with E-state index in [0.29, 0.717) is 39.0 Å². The van der Waals surface area contributed by atoms with Crippen LogP contribution in [-0.4, -0.2) is 21.6 Å². The van der Waals surface area contributed by atoms with Gasteiger partial charge < -0.3 is 5.32 Å². The Hall–Kier alpha value is -4.88. The number of halogens is 1. The Kier molecular flexibility index (Phi) is 7.47. The topological polar surface area (TPSA) is 88.7 Å². The van der Waals surface area contributed by atoms with E-state index in [0.717, 1.165) is 5.56 Å². The highest BCUT2D eigenvalue weighted by Crippen LogP contribution is 2.40. The highest BCUT2D eigenvalue weighted by molar-refractivity contribution is 6.32. The van der Waals surface area contributed by atoms with Crippen LogP contribution in [0, 0.1) is 0 Å². The van der Waals surface area contributed by atoms with Gasteiger partial charge in [0.05, 0.1) is 5.02 Å². The molecular formula is C30H22ClN5O2. The fourth-order valence-electron chi connectivity index (χ4n) is 3.91. The molecule has 0 unspecified atom stereocenters. The Morgan fingerprint density at radius 3 is 1.97 bits per heavy atom. The van der Waals surface area contributed by atoms with Crippen molar-refractivity contribution in [3.05, 3.63) is 120 Å². The van der Waals surface area contributed by atoms with Crippen LogP contribution in [0.3, 0.4) is 0 Å². The molecule has 1 amide bonds. The van der Waals surface area contributed by atoms with Crippen LogP contribution in [0.1, 0.15) is 11.2 Å². The van der Waals surface area contributed by atoms with E-state index in [1.165, 1.54) is 4.68 Å². The number of azo groups is 1. The van der Waals surface area contributed by atoms with Crippen molar-refractivity contribution in [1.82, 2.24) is 9.78 Å². The molecule has 5 rings (SSSR count). The second-order valence-corrected chi connectivity index (χ2v) is 8.73. The van der Waals surface area contributed by atoms with Crippen LogP contribution in [0.15, 0.2) is 125 Å². The highest BCUT2D eigenvalue weighted by Gasteiger charge is 2.25. The normalized spacial score (nSPS) is 11.0. The summed E-state index contributed by atoms with van der Waals surface area (Å²) >= 11 is 6.31. The number of aromatic nitrogens is 2. The lowest BCUT2D eigenvalue weighted by Crippen LogP contribution is -2.22. The van der Waals surface area contributed by atoms with Gasteiger partial charge in [0.25, 0.3) is 5.91 Å². The standard InChI is InChI=1S/C30H22ClN5O2/c31-24-18-10-11-19-25(24)33-34-29-28(21-12-4-1-5-13-21)35-36(30(29)22-14-6-2-7-15-22)27(38)20-26(37)32-23-16-8-3-9-17-23/h1-19H,20H2,(H,32,37). The van der Waals surface area contributed by atoms with Crippen molar-refractivity contribution in [2.75, 3.05) is 5.32 Å². The summed E-state index contributed by atoms with van der Waals surface area (Å²) in [5, 5.41) is 16.8. The molecule has 0 spiro atoms. The van der Waals surface area contributed by atoms with Crippen molar-refractivity contribution in [2.24, 2.45) is 10.2 Å². The molecule has 1 heterocycles. The van der Waals surface area contributed by atoms with Gasteiger partial charge >= 0.3 is 0 Å². The molecule has 4 aromatic carbocycles. The van der Waals surface area contributed by atoms with E-state index >= 15 is 0 Å². The fraction of sp³-hybridized carbons (Fsp3) is 0.0333. The molecule has 0 bridgehead atoms. The first-order chi connectivity index (χ1) is 18.6. The molecule has 0 aliphatic carbocycles. The second kappa shape index (κ2) is 11.5. The molecule has 186 valence electrons. The third-order valence-electron chi connectivity index (χ3n) is 5.67. The van der Waals surface area contributed by atoms with Crippen molar-refractivity contribution < 1.29 is 9.59 Å². The summed E-state index contributed by atoms with van der Waals surface area (Å²) in [4.78, 5) is 26.2. The van der Waals surface area contributed by atoms with Crippen molar-refractivity contribution in [3.63, 3.8) is 0 Å². The number of nitrogens with one attached hydrogen (secondary N) is 1. The number of para-hydroxylation sites is 1. The molecule has 5 aromatic rings. The Balaban J connectivity index is 1.61. The van der Waals surface area contributed by atoms with Gasteiger partial charge in [0.15, 0.2) is 0 Å². The van der Waals surface area contributed by atoms with Crippen molar-refractivity contribution in [2.45, 2.75) is 6.42 Å². The zero-order chi connectivity index (χ0) is 26.3. The maximum atomic E-state index is 13.5. The van der Waals surface area contributed by atoms with Gasteiger partial charge in [0.2, 0.25) is 5.91 Å². The molecule has 38 heavy (non-hydrogen) atoms. The minimum Gasteiger partial charge on any atom is -0.326 e. The number of carbonyl (C=O) groups is 2. The Bertz CT molecular complexity index is 1600. The summed E-state index contributed by atoms with van der Waals surface area (Å²) in [7, 11) is 0. The van der Waals surface area contributed by atoms with Gasteiger partial charge in [0.1, 0.15) is 29.2 Å². The Morgan fingerprint density at radius 1 is 0.737 bits per heavy atom. The summed E-state index contributed by atoms with van der Waals surface area (Å²) in [6.07, 6.45) is -0.411. The summed E-state index contributed by atoms with van der Waals surface area (Å²) in [6.45, 7) is 0. The van der Waals surface area contributed by atoms with Gasteiger partial charge in [-0.05, 0) is 24.3 Å². The average molecular weight is 520 g/mol. The SMILES string of the molecule is O=C(CC(=O)n1nc(-c2ccccc2)c(N=Nc2ccccc2Cl)c1-c1ccccc1)Nc1ccccc1. The van der Waals surface area contributed by atoms with Crippen LogP contribution >= 0.6 is 11.6 Å². The van der Waals surface area contributed by atoms with Crippen molar-refractivity contribution >= 4 is 40.5 Å². The van der Waals surface area contributed by atoms with Gasteiger partial charge in [-0.15, -0.1) is 10.2 Å². The molecule has 0 aliphatic rings. The number of rotatable bonds is 7. The van der Waals surface area contributed by atoms with Crippen LogP contribution in [-0.2, 0) is 4.79 Å². The maximum absolute atomic E-state index is 13.5. The predicted octanol–water partition coefficient (Wildman–Crippen LogP) is 7.95. The summed E-state index contributed by atoms with van der Waals surface area (Å²) in [6, 6.07) is 34.8. The number of nitrogens with zero attached hydrogens (tertiary/aromatic N) is 4. The lowest BCUT2D eigenvalue weighted by Gasteiger charge is -2.08. The minimum absolute atomic E-state index is 0.388. The molecule has 0 aliphatic heterocycles. The minimum atomic E-state index is -0.506. The van der Waals surface area contributed by atoms with E-state index in [9.17, 15) is 9.59 Å². The van der Waals surface area contributed by atoms with E-state index in [1.54, 1.807) is 36.4 Å². The van der Waals surface area contributed by atoms with Crippen LogP contribution in [0.4, 0.5) is 17.1 Å². The van der Waals surface area contributed by atoms with E-state index in [-0.39, 0.29) is 0 Å². The molecule has 1 aromatic heterocycles. The summed E-state index contributed by atoms with van der Waals surface area (Å²) in [5.74, 6) is -0.954. The van der Waals surface area contributed by atoms with Gasteiger partial charge in [0, 0.05) is 16.8 Å². The number of hydrogen-bond acceptors (Lipinski definition) is 5. The monoisotopic (exact) mass is 519 g/mol. The zero-order valence-corrected chi connectivity index (χ0v) is 20.9. The second-order valence-electron chi connectivity index (χ2n) is 8.33. The summed E-state index contributed by atoms with van der Waals surface area (Å²) < 4.78 is 1.24. The maximum Gasteiger partial charge on any atom is 0.256 e. The number of anilines is 1. The first-order valence-electron chi connectivity index (χ1n) is 11.9. The molecule has 0 radical (unpaired) electrons. The molecule has 0 atom stereocenters. The average Bonchev–Trinajstić information content (AvgIpc) is 3.34. The lowest BCUT2D eigenvalue weighted by molar-refractivity contribution is -0.115. The molecule has 0 saturated heterocycles. The number of carbonyl (C=O) groups excluding carboxylic acids is 2. The molecule has 0 saturated carbocycles. The predicted molar refractivity (Wildman–Crippen MR) is 149 cm³/mol. The molecule has 1 N–H and O–H groups in total. The van der Waals surface area contributed by atoms with Crippen molar-refractivity contribution in [3.8, 4) is 22.5 Å². The van der Waals surface area contributed by atoms with E-state index in [2.05, 4.69) is 20.6 Å².